The molecule has 1 aromatic carbocycles. The average Bonchev–Trinajstić information content (AvgIpc) is 2.33. The Morgan fingerprint density at radius 3 is 2.61 bits per heavy atom. The van der Waals surface area contributed by atoms with Crippen molar-refractivity contribution >= 4 is 17.1 Å². The highest BCUT2D eigenvalue weighted by Gasteiger charge is 2.32. The maximum atomic E-state index is 11.1. The second kappa shape index (κ2) is 4.81. The summed E-state index contributed by atoms with van der Waals surface area (Å²) in [5.74, 6) is 5.29. The largest absolute Gasteiger partial charge is 0.379 e. The molecule has 0 aromatic heterocycles. The van der Waals surface area contributed by atoms with Crippen LogP contribution in [0.2, 0.25) is 0 Å². The summed E-state index contributed by atoms with van der Waals surface area (Å²) in [6.45, 7) is 2.95. The van der Waals surface area contributed by atoms with Crippen molar-refractivity contribution in [3.8, 4) is 0 Å². The first-order valence-corrected chi connectivity index (χ1v) is 6.04. The third-order valence-electron chi connectivity index (χ3n) is 3.64. The molecule has 0 radical (unpaired) electrons. The summed E-state index contributed by atoms with van der Waals surface area (Å²) in [5.41, 5.74) is 3.47. The number of nitro groups is 1. The molecule has 1 saturated carbocycles. The van der Waals surface area contributed by atoms with Gasteiger partial charge in [-0.15, -0.1) is 0 Å². The van der Waals surface area contributed by atoms with E-state index >= 15 is 0 Å². The van der Waals surface area contributed by atoms with Crippen molar-refractivity contribution in [2.45, 2.75) is 26.2 Å². The zero-order chi connectivity index (χ0) is 13.2. The summed E-state index contributed by atoms with van der Waals surface area (Å²) < 4.78 is 0. The Balaban J connectivity index is 2.18. The van der Waals surface area contributed by atoms with Crippen LogP contribution < -0.4 is 16.6 Å². The summed E-state index contributed by atoms with van der Waals surface area (Å²) in [4.78, 5) is 10.7. The van der Waals surface area contributed by atoms with Gasteiger partial charge in [0.15, 0.2) is 0 Å². The average molecular weight is 250 g/mol. The number of rotatable bonds is 5. The third kappa shape index (κ3) is 2.38. The fourth-order valence-corrected chi connectivity index (χ4v) is 2.27. The minimum atomic E-state index is -0.416. The molecule has 6 nitrogen and oxygen atoms in total. The molecular formula is C12H18N4O2. The first-order valence-electron chi connectivity index (χ1n) is 6.04. The van der Waals surface area contributed by atoms with E-state index in [1.54, 1.807) is 18.2 Å². The first kappa shape index (κ1) is 12.6. The molecule has 0 spiro atoms. The smallest absolute Gasteiger partial charge is 0.316 e. The Hall–Kier alpha value is -1.82. The van der Waals surface area contributed by atoms with Crippen molar-refractivity contribution in [1.29, 1.82) is 0 Å². The van der Waals surface area contributed by atoms with Crippen molar-refractivity contribution in [1.82, 2.24) is 0 Å². The van der Waals surface area contributed by atoms with Crippen LogP contribution in [0.5, 0.6) is 0 Å². The van der Waals surface area contributed by atoms with Crippen LogP contribution in [0.15, 0.2) is 18.2 Å². The standard InChI is InChI=1S/C12H18N4O2/c1-12(6-3-7-12)8-14-9-4-2-5-10(15-13)11(9)16(17)18/h2,4-5,14-15H,3,6-8,13H2,1H3. The molecular weight excluding hydrogens is 232 g/mol. The molecule has 0 amide bonds. The van der Waals surface area contributed by atoms with Crippen LogP contribution >= 0.6 is 0 Å². The van der Waals surface area contributed by atoms with Gasteiger partial charge in [0.1, 0.15) is 11.4 Å². The summed E-state index contributed by atoms with van der Waals surface area (Å²) in [5, 5.41) is 14.3. The molecule has 1 fully saturated rings. The molecule has 18 heavy (non-hydrogen) atoms. The van der Waals surface area contributed by atoms with Crippen molar-refractivity contribution in [3.05, 3.63) is 28.3 Å². The lowest BCUT2D eigenvalue weighted by Crippen LogP contribution is -2.33. The van der Waals surface area contributed by atoms with Crippen LogP contribution in [-0.2, 0) is 0 Å². The number of benzene rings is 1. The van der Waals surface area contributed by atoms with Crippen molar-refractivity contribution in [3.63, 3.8) is 0 Å². The van der Waals surface area contributed by atoms with Gasteiger partial charge in [-0.25, -0.2) is 0 Å². The van der Waals surface area contributed by atoms with E-state index in [-0.39, 0.29) is 11.1 Å². The van der Waals surface area contributed by atoms with Crippen LogP contribution in [0.1, 0.15) is 26.2 Å². The zero-order valence-electron chi connectivity index (χ0n) is 10.4. The Morgan fingerprint density at radius 2 is 2.11 bits per heavy atom. The van der Waals surface area contributed by atoms with Gasteiger partial charge in [-0.1, -0.05) is 19.4 Å². The summed E-state index contributed by atoms with van der Waals surface area (Å²) in [6, 6.07) is 5.04. The Bertz CT molecular complexity index is 457. The van der Waals surface area contributed by atoms with E-state index in [0.29, 0.717) is 11.4 Å². The van der Waals surface area contributed by atoms with E-state index in [2.05, 4.69) is 17.7 Å². The van der Waals surface area contributed by atoms with E-state index < -0.39 is 4.92 Å². The topological polar surface area (TPSA) is 93.2 Å². The molecule has 1 aliphatic carbocycles. The molecule has 98 valence electrons. The number of hydrogen-bond donors (Lipinski definition) is 3. The van der Waals surface area contributed by atoms with Gasteiger partial charge in [0, 0.05) is 6.54 Å². The minimum absolute atomic E-state index is 0.00271. The van der Waals surface area contributed by atoms with E-state index in [1.807, 2.05) is 0 Å². The van der Waals surface area contributed by atoms with Crippen molar-refractivity contribution in [2.75, 3.05) is 17.3 Å². The Kier molecular flexibility index (Phi) is 3.38. The number of nitro benzene ring substituents is 1. The zero-order valence-corrected chi connectivity index (χ0v) is 10.4. The van der Waals surface area contributed by atoms with Gasteiger partial charge >= 0.3 is 5.69 Å². The monoisotopic (exact) mass is 250 g/mol. The minimum Gasteiger partial charge on any atom is -0.379 e. The predicted molar refractivity (Wildman–Crippen MR) is 71.4 cm³/mol. The molecule has 0 aliphatic heterocycles. The maximum absolute atomic E-state index is 11.1. The highest BCUT2D eigenvalue weighted by atomic mass is 16.6. The number of nitrogens with one attached hydrogen (secondary N) is 2. The molecule has 0 saturated heterocycles. The second-order valence-electron chi connectivity index (χ2n) is 5.12. The van der Waals surface area contributed by atoms with Crippen LogP contribution in [0.4, 0.5) is 17.1 Å². The fourth-order valence-electron chi connectivity index (χ4n) is 2.27. The van der Waals surface area contributed by atoms with Gasteiger partial charge in [0.05, 0.1) is 4.92 Å². The van der Waals surface area contributed by atoms with Gasteiger partial charge in [-0.3, -0.25) is 16.0 Å². The Morgan fingerprint density at radius 1 is 1.44 bits per heavy atom. The number of nitrogen functional groups attached to an aromatic ring is 1. The van der Waals surface area contributed by atoms with Gasteiger partial charge in [0.25, 0.3) is 0 Å². The van der Waals surface area contributed by atoms with Crippen LogP contribution in [0.25, 0.3) is 0 Å². The first-order chi connectivity index (χ1) is 8.56. The lowest BCUT2D eigenvalue weighted by atomic mass is 9.70. The van der Waals surface area contributed by atoms with E-state index in [0.717, 1.165) is 6.54 Å². The van der Waals surface area contributed by atoms with Crippen LogP contribution in [-0.4, -0.2) is 11.5 Å². The molecule has 1 aromatic rings. The highest BCUT2D eigenvalue weighted by Crippen LogP contribution is 2.41. The normalized spacial score (nSPS) is 16.8. The Labute approximate surface area is 106 Å². The fraction of sp³-hybridized carbons (Fsp3) is 0.500. The number of nitrogens with zero attached hydrogens (tertiary/aromatic N) is 1. The van der Waals surface area contributed by atoms with E-state index in [4.69, 9.17) is 5.84 Å². The molecule has 2 rings (SSSR count). The maximum Gasteiger partial charge on any atom is 0.316 e. The lowest BCUT2D eigenvalue weighted by Gasteiger charge is -2.38. The van der Waals surface area contributed by atoms with Crippen LogP contribution in [0, 0.1) is 15.5 Å². The SMILES string of the molecule is CC1(CNc2cccc(NN)c2[N+](=O)[O-])CCC1. The number of hydrogen-bond acceptors (Lipinski definition) is 5. The molecule has 4 N–H and O–H groups in total. The molecule has 0 bridgehead atoms. The van der Waals surface area contributed by atoms with Gasteiger partial charge in [-0.2, -0.15) is 0 Å². The molecule has 0 unspecified atom stereocenters. The molecule has 1 aliphatic rings. The second-order valence-corrected chi connectivity index (χ2v) is 5.12. The van der Waals surface area contributed by atoms with Crippen LogP contribution in [0.3, 0.4) is 0 Å². The molecule has 0 atom stereocenters. The highest BCUT2D eigenvalue weighted by molar-refractivity contribution is 5.75. The number of hydrazine groups is 1. The number of nitrogens with two attached hydrogens (primary N) is 1. The van der Waals surface area contributed by atoms with Crippen molar-refractivity contribution < 1.29 is 4.92 Å². The number of anilines is 2. The van der Waals surface area contributed by atoms with Crippen molar-refractivity contribution in [2.24, 2.45) is 11.3 Å². The van der Waals surface area contributed by atoms with Gasteiger partial charge < -0.3 is 10.7 Å². The molecule has 0 heterocycles. The van der Waals surface area contributed by atoms with Gasteiger partial charge in [-0.05, 0) is 30.4 Å². The molecule has 6 heteroatoms. The summed E-state index contributed by atoms with van der Waals surface area (Å²) >= 11 is 0. The van der Waals surface area contributed by atoms with E-state index in [1.165, 1.54) is 19.3 Å². The third-order valence-corrected chi connectivity index (χ3v) is 3.64. The lowest BCUT2D eigenvalue weighted by molar-refractivity contribution is -0.383. The summed E-state index contributed by atoms with van der Waals surface area (Å²) in [6.07, 6.45) is 3.58. The predicted octanol–water partition coefficient (Wildman–Crippen LogP) is 2.48. The summed E-state index contributed by atoms with van der Waals surface area (Å²) in [7, 11) is 0. The number of para-hydroxylation sites is 1. The van der Waals surface area contributed by atoms with E-state index in [9.17, 15) is 10.1 Å². The quantitative estimate of drug-likeness (QED) is 0.424. The van der Waals surface area contributed by atoms with Gasteiger partial charge in [0.2, 0.25) is 0 Å².